The summed E-state index contributed by atoms with van der Waals surface area (Å²) in [6.45, 7) is 6.62. The molecule has 1 aromatic carbocycles. The van der Waals surface area contributed by atoms with E-state index in [1.807, 2.05) is 20.0 Å². The molecule has 118 valence electrons. The topological polar surface area (TPSA) is 29.3 Å². The van der Waals surface area contributed by atoms with Crippen molar-refractivity contribution in [3.8, 4) is 0 Å². The third-order valence-electron chi connectivity index (χ3n) is 4.82. The smallest absolute Gasteiger partial charge is 0.146 e. The van der Waals surface area contributed by atoms with Crippen LogP contribution in [0.15, 0.2) is 18.2 Å². The lowest BCUT2D eigenvalue weighted by atomic mass is 9.75. The highest BCUT2D eigenvalue weighted by atomic mass is 19.1. The molecule has 0 bridgehead atoms. The molecule has 0 amide bonds. The van der Waals surface area contributed by atoms with Gasteiger partial charge in [0.15, 0.2) is 0 Å². The molecule has 0 spiro atoms. The highest BCUT2D eigenvalue weighted by Crippen LogP contribution is 2.38. The first-order valence-electron chi connectivity index (χ1n) is 8.06. The van der Waals surface area contributed by atoms with Crippen LogP contribution in [0.5, 0.6) is 0 Å². The van der Waals surface area contributed by atoms with Crippen molar-refractivity contribution in [1.82, 2.24) is 0 Å². The molecule has 1 aliphatic carbocycles. The summed E-state index contributed by atoms with van der Waals surface area (Å²) in [4.78, 5) is 2.16. The molecule has 1 aliphatic rings. The second-order valence-corrected chi connectivity index (χ2v) is 7.44. The minimum absolute atomic E-state index is 0.0456. The van der Waals surface area contributed by atoms with Gasteiger partial charge in [-0.3, -0.25) is 0 Å². The number of nitrogens with zero attached hydrogens (tertiary/aromatic N) is 1. The van der Waals surface area contributed by atoms with Gasteiger partial charge in [-0.25, -0.2) is 4.39 Å². The fourth-order valence-electron chi connectivity index (χ4n) is 3.42. The normalized spacial score (nSPS) is 20.3. The van der Waals surface area contributed by atoms with E-state index in [4.69, 9.17) is 5.73 Å². The molecule has 0 saturated heterocycles. The number of benzene rings is 1. The molecule has 1 atom stereocenters. The zero-order valence-electron chi connectivity index (χ0n) is 13.8. The van der Waals surface area contributed by atoms with Gasteiger partial charge in [0.2, 0.25) is 0 Å². The summed E-state index contributed by atoms with van der Waals surface area (Å²) in [7, 11) is 2.03. The van der Waals surface area contributed by atoms with E-state index in [0.717, 1.165) is 30.5 Å². The molecule has 2 N–H and O–H groups in total. The second-order valence-electron chi connectivity index (χ2n) is 7.44. The van der Waals surface area contributed by atoms with Gasteiger partial charge in [0.1, 0.15) is 5.82 Å². The first-order chi connectivity index (χ1) is 9.80. The quantitative estimate of drug-likeness (QED) is 0.904. The molecule has 21 heavy (non-hydrogen) atoms. The highest BCUT2D eigenvalue weighted by Gasteiger charge is 2.30. The van der Waals surface area contributed by atoms with Crippen molar-refractivity contribution in [2.75, 3.05) is 11.9 Å². The molecule has 2 rings (SSSR count). The molecule has 1 aromatic rings. The molecule has 0 heterocycles. The van der Waals surface area contributed by atoms with Gasteiger partial charge in [-0.05, 0) is 56.1 Å². The van der Waals surface area contributed by atoms with Crippen LogP contribution in [0.1, 0.15) is 52.0 Å². The Labute approximate surface area is 128 Å². The molecular formula is C18H29FN2. The van der Waals surface area contributed by atoms with Crippen molar-refractivity contribution in [3.05, 3.63) is 29.6 Å². The lowest BCUT2D eigenvalue weighted by Crippen LogP contribution is -2.38. The summed E-state index contributed by atoms with van der Waals surface area (Å²) >= 11 is 0. The monoisotopic (exact) mass is 292 g/mol. The molecule has 1 unspecified atom stereocenters. The van der Waals surface area contributed by atoms with Crippen LogP contribution in [0, 0.1) is 11.2 Å². The van der Waals surface area contributed by atoms with Gasteiger partial charge in [-0.1, -0.05) is 26.0 Å². The van der Waals surface area contributed by atoms with Crippen LogP contribution in [0.25, 0.3) is 0 Å². The van der Waals surface area contributed by atoms with Gasteiger partial charge >= 0.3 is 0 Å². The standard InChI is InChI=1S/C18H29FN2/c1-13(20)12-14-6-5-7-16(19)17(14)21(4)15-8-10-18(2,3)11-9-15/h5-7,13,15H,8-12,20H2,1-4H3. The van der Waals surface area contributed by atoms with Gasteiger partial charge in [-0.2, -0.15) is 0 Å². The Morgan fingerprint density at radius 3 is 2.52 bits per heavy atom. The molecule has 3 heteroatoms. The Balaban J connectivity index is 2.20. The van der Waals surface area contributed by atoms with Crippen LogP contribution < -0.4 is 10.6 Å². The van der Waals surface area contributed by atoms with E-state index in [9.17, 15) is 4.39 Å². The van der Waals surface area contributed by atoms with E-state index in [-0.39, 0.29) is 11.9 Å². The van der Waals surface area contributed by atoms with Crippen LogP contribution in [-0.2, 0) is 6.42 Å². The number of nitrogens with two attached hydrogens (primary N) is 1. The Morgan fingerprint density at radius 2 is 1.95 bits per heavy atom. The molecule has 1 fully saturated rings. The van der Waals surface area contributed by atoms with Gasteiger partial charge in [0.05, 0.1) is 5.69 Å². The van der Waals surface area contributed by atoms with Gasteiger partial charge in [-0.15, -0.1) is 0 Å². The van der Waals surface area contributed by atoms with E-state index >= 15 is 0 Å². The van der Waals surface area contributed by atoms with Crippen molar-refractivity contribution in [3.63, 3.8) is 0 Å². The molecule has 0 radical (unpaired) electrons. The third-order valence-corrected chi connectivity index (χ3v) is 4.82. The maximum atomic E-state index is 14.4. The lowest BCUT2D eigenvalue weighted by Gasteiger charge is -2.40. The summed E-state index contributed by atoms with van der Waals surface area (Å²) in [5.41, 5.74) is 8.12. The number of rotatable bonds is 4. The summed E-state index contributed by atoms with van der Waals surface area (Å²) in [6, 6.07) is 5.83. The average Bonchev–Trinajstić information content (AvgIpc) is 2.37. The SMILES string of the molecule is CC(N)Cc1cccc(F)c1N(C)C1CCC(C)(C)CC1. The predicted molar refractivity (Wildman–Crippen MR) is 88.2 cm³/mol. The van der Waals surface area contributed by atoms with Gasteiger partial charge in [0.25, 0.3) is 0 Å². The first-order valence-corrected chi connectivity index (χ1v) is 8.06. The minimum atomic E-state index is -0.125. The number of hydrogen-bond acceptors (Lipinski definition) is 2. The van der Waals surface area contributed by atoms with Crippen molar-refractivity contribution in [2.24, 2.45) is 11.1 Å². The van der Waals surface area contributed by atoms with E-state index in [2.05, 4.69) is 18.7 Å². The van der Waals surface area contributed by atoms with Gasteiger partial charge < -0.3 is 10.6 Å². The van der Waals surface area contributed by atoms with E-state index < -0.39 is 0 Å². The summed E-state index contributed by atoms with van der Waals surface area (Å²) in [6.07, 6.45) is 5.40. The average molecular weight is 292 g/mol. The molecule has 1 saturated carbocycles. The Morgan fingerprint density at radius 1 is 1.33 bits per heavy atom. The van der Waals surface area contributed by atoms with Gasteiger partial charge in [0, 0.05) is 19.1 Å². The highest BCUT2D eigenvalue weighted by molar-refractivity contribution is 5.55. The summed E-state index contributed by atoms with van der Waals surface area (Å²) < 4.78 is 14.4. The Bertz CT molecular complexity index is 472. The van der Waals surface area contributed by atoms with E-state index in [1.165, 1.54) is 12.8 Å². The molecule has 0 aromatic heterocycles. The third kappa shape index (κ3) is 3.97. The largest absolute Gasteiger partial charge is 0.369 e. The van der Waals surface area contributed by atoms with Crippen molar-refractivity contribution < 1.29 is 4.39 Å². The van der Waals surface area contributed by atoms with E-state index in [1.54, 1.807) is 12.1 Å². The maximum Gasteiger partial charge on any atom is 0.146 e. The predicted octanol–water partition coefficient (Wildman–Crippen LogP) is 4.12. The zero-order valence-corrected chi connectivity index (χ0v) is 13.8. The first kappa shape index (κ1) is 16.3. The Hall–Kier alpha value is -1.09. The lowest BCUT2D eigenvalue weighted by molar-refractivity contribution is 0.222. The molecule has 2 nitrogen and oxygen atoms in total. The van der Waals surface area contributed by atoms with Crippen molar-refractivity contribution in [2.45, 2.75) is 65.0 Å². The van der Waals surface area contributed by atoms with Crippen LogP contribution in [0.2, 0.25) is 0 Å². The fraction of sp³-hybridized carbons (Fsp3) is 0.667. The fourth-order valence-corrected chi connectivity index (χ4v) is 3.42. The van der Waals surface area contributed by atoms with Crippen molar-refractivity contribution in [1.29, 1.82) is 0 Å². The number of anilines is 1. The Kier molecular flexibility index (Phi) is 4.92. The summed E-state index contributed by atoms with van der Waals surface area (Å²) in [5, 5.41) is 0. The molecular weight excluding hydrogens is 263 g/mol. The number of para-hydroxylation sites is 1. The number of hydrogen-bond donors (Lipinski definition) is 1. The van der Waals surface area contributed by atoms with Crippen LogP contribution in [-0.4, -0.2) is 19.1 Å². The molecule has 0 aliphatic heterocycles. The maximum absolute atomic E-state index is 14.4. The van der Waals surface area contributed by atoms with Crippen molar-refractivity contribution >= 4 is 5.69 Å². The van der Waals surface area contributed by atoms with Crippen LogP contribution in [0.3, 0.4) is 0 Å². The minimum Gasteiger partial charge on any atom is -0.369 e. The second kappa shape index (κ2) is 6.35. The van der Waals surface area contributed by atoms with Crippen LogP contribution >= 0.6 is 0 Å². The zero-order chi connectivity index (χ0) is 15.6. The summed E-state index contributed by atoms with van der Waals surface area (Å²) in [5.74, 6) is -0.125. The van der Waals surface area contributed by atoms with E-state index in [0.29, 0.717) is 11.5 Å². The van der Waals surface area contributed by atoms with Crippen LogP contribution in [0.4, 0.5) is 10.1 Å². The number of halogens is 1.